The van der Waals surface area contributed by atoms with Gasteiger partial charge in [-0.2, -0.15) is 0 Å². The number of rotatable bonds is 33. The van der Waals surface area contributed by atoms with Gasteiger partial charge in [0.2, 0.25) is 0 Å². The lowest BCUT2D eigenvalue weighted by Gasteiger charge is -2.25. The van der Waals surface area contributed by atoms with Gasteiger partial charge in [-0.25, -0.2) is 9.59 Å². The van der Waals surface area contributed by atoms with E-state index < -0.39 is 0 Å². The van der Waals surface area contributed by atoms with Gasteiger partial charge in [-0.1, -0.05) is 129 Å². The Labute approximate surface area is 274 Å². The van der Waals surface area contributed by atoms with Crippen LogP contribution >= 0.6 is 0 Å². The summed E-state index contributed by atoms with van der Waals surface area (Å²) in [6.07, 6.45) is 30.0. The molecule has 0 heterocycles. The molecule has 0 aliphatic rings. The van der Waals surface area contributed by atoms with Crippen LogP contribution in [0.4, 0.5) is 0 Å². The molecule has 0 unspecified atom stereocenters. The first-order valence-corrected chi connectivity index (χ1v) is 19.1. The zero-order valence-corrected chi connectivity index (χ0v) is 30.6. The van der Waals surface area contributed by atoms with Gasteiger partial charge >= 0.3 is 11.9 Å². The largest absolute Gasteiger partial charge is 0.462 e. The van der Waals surface area contributed by atoms with Crippen LogP contribution in [0.1, 0.15) is 196 Å². The van der Waals surface area contributed by atoms with Gasteiger partial charge in [0.25, 0.3) is 0 Å². The highest BCUT2D eigenvalue weighted by Gasteiger charge is 2.25. The maximum atomic E-state index is 12.2. The molecule has 0 aromatic carbocycles. The lowest BCUT2D eigenvalue weighted by Crippen LogP contribution is -2.96. The van der Waals surface area contributed by atoms with E-state index in [0.717, 1.165) is 51.4 Å². The molecule has 6 nitrogen and oxygen atoms in total. The minimum absolute atomic E-state index is 0.0163. The number of quaternary nitrogens is 2. The summed E-state index contributed by atoms with van der Waals surface area (Å²) < 4.78 is 11.0. The second-order valence-electron chi connectivity index (χ2n) is 14.8. The van der Waals surface area contributed by atoms with Crippen LogP contribution in [0.25, 0.3) is 0 Å². The summed E-state index contributed by atoms with van der Waals surface area (Å²) in [5.74, 6) is -0.186. The molecule has 0 aromatic heterocycles. The van der Waals surface area contributed by atoms with Crippen LogP contribution in [0.15, 0.2) is 0 Å². The highest BCUT2D eigenvalue weighted by atomic mass is 16.5. The summed E-state index contributed by atoms with van der Waals surface area (Å²) in [7, 11) is 0. The van der Waals surface area contributed by atoms with Crippen molar-refractivity contribution >= 4 is 11.9 Å². The van der Waals surface area contributed by atoms with E-state index in [-0.39, 0.29) is 23.0 Å². The molecule has 0 saturated carbocycles. The van der Waals surface area contributed by atoms with Crippen molar-refractivity contribution in [3.8, 4) is 0 Å². The van der Waals surface area contributed by atoms with Crippen LogP contribution in [-0.2, 0) is 19.1 Å². The van der Waals surface area contributed by atoms with Crippen LogP contribution in [0.2, 0.25) is 0 Å². The average molecular weight is 627 g/mol. The summed E-state index contributed by atoms with van der Waals surface area (Å²) in [6, 6.07) is 0. The second-order valence-corrected chi connectivity index (χ2v) is 14.8. The first-order valence-electron chi connectivity index (χ1n) is 19.1. The lowest BCUT2D eigenvalue weighted by molar-refractivity contribution is -0.714. The minimum atomic E-state index is -0.0928. The standard InChI is InChI=1S/C38H76N2O4/c1-7-9-11-13-15-17-19-21-23-27-31-43-35(41)33-39-37(3,4)29-25-26-30-38(5,6)40-34-36(42)44-32-28-24-22-20-18-16-14-12-10-8-2/h39-40H,7-34H2,1-6H3/p+2. The molecule has 0 rings (SSSR count). The van der Waals surface area contributed by atoms with E-state index in [1.807, 2.05) is 0 Å². The number of nitrogens with two attached hydrogens (primary N) is 2. The lowest BCUT2D eigenvalue weighted by atomic mass is 9.92. The summed E-state index contributed by atoms with van der Waals surface area (Å²) in [4.78, 5) is 24.4. The minimum Gasteiger partial charge on any atom is -0.462 e. The highest BCUT2D eigenvalue weighted by Crippen LogP contribution is 2.15. The van der Waals surface area contributed by atoms with E-state index in [9.17, 15) is 9.59 Å². The van der Waals surface area contributed by atoms with Crippen LogP contribution in [0.3, 0.4) is 0 Å². The zero-order valence-electron chi connectivity index (χ0n) is 30.6. The molecule has 0 bridgehead atoms. The molecule has 44 heavy (non-hydrogen) atoms. The zero-order chi connectivity index (χ0) is 32.8. The van der Waals surface area contributed by atoms with Crippen molar-refractivity contribution in [2.45, 2.75) is 207 Å². The Balaban J connectivity index is 3.74. The fourth-order valence-electron chi connectivity index (χ4n) is 5.75. The van der Waals surface area contributed by atoms with Gasteiger partial charge in [0.05, 0.1) is 24.3 Å². The molecule has 4 N–H and O–H groups in total. The van der Waals surface area contributed by atoms with Gasteiger partial charge < -0.3 is 20.1 Å². The third-order valence-electron chi connectivity index (χ3n) is 9.06. The van der Waals surface area contributed by atoms with Gasteiger partial charge in [0.1, 0.15) is 0 Å². The summed E-state index contributed by atoms with van der Waals surface area (Å²) >= 11 is 0. The van der Waals surface area contributed by atoms with Crippen molar-refractivity contribution in [1.82, 2.24) is 0 Å². The third kappa shape index (κ3) is 30.9. The number of esters is 2. The first-order chi connectivity index (χ1) is 21.1. The van der Waals surface area contributed by atoms with E-state index in [2.05, 4.69) is 52.2 Å². The molecule has 0 amide bonds. The Hall–Kier alpha value is -1.14. The van der Waals surface area contributed by atoms with Gasteiger partial charge in [0.15, 0.2) is 13.1 Å². The van der Waals surface area contributed by atoms with Gasteiger partial charge in [-0.05, 0) is 53.4 Å². The fourth-order valence-corrected chi connectivity index (χ4v) is 5.75. The van der Waals surface area contributed by atoms with E-state index in [1.54, 1.807) is 0 Å². The first kappa shape index (κ1) is 42.9. The van der Waals surface area contributed by atoms with Crippen LogP contribution in [0, 0.1) is 0 Å². The number of unbranched alkanes of at least 4 members (excludes halogenated alkanes) is 19. The van der Waals surface area contributed by atoms with Crippen LogP contribution in [0.5, 0.6) is 0 Å². The quantitative estimate of drug-likeness (QED) is 0.0569. The van der Waals surface area contributed by atoms with Crippen molar-refractivity contribution < 1.29 is 29.7 Å². The molecule has 0 aliphatic heterocycles. The van der Waals surface area contributed by atoms with Gasteiger partial charge in [0, 0.05) is 12.8 Å². The normalized spacial score (nSPS) is 12.0. The maximum absolute atomic E-state index is 12.2. The molecular weight excluding hydrogens is 548 g/mol. The Morgan fingerprint density at radius 3 is 1.00 bits per heavy atom. The molecule has 6 heteroatoms. The van der Waals surface area contributed by atoms with Crippen LogP contribution in [-0.4, -0.2) is 49.3 Å². The molecule has 0 fully saturated rings. The van der Waals surface area contributed by atoms with Gasteiger partial charge in [-0.3, -0.25) is 0 Å². The van der Waals surface area contributed by atoms with Crippen molar-refractivity contribution in [1.29, 1.82) is 0 Å². The van der Waals surface area contributed by atoms with Gasteiger partial charge in [-0.15, -0.1) is 0 Å². The summed E-state index contributed by atoms with van der Waals surface area (Å²) in [5.41, 5.74) is 0.0326. The fraction of sp³-hybridized carbons (Fsp3) is 0.947. The summed E-state index contributed by atoms with van der Waals surface area (Å²) in [6.45, 7) is 15.3. The maximum Gasteiger partial charge on any atom is 0.361 e. The number of hydrogen-bond donors (Lipinski definition) is 2. The Bertz CT molecular complexity index is 609. The van der Waals surface area contributed by atoms with Crippen molar-refractivity contribution in [2.75, 3.05) is 26.3 Å². The smallest absolute Gasteiger partial charge is 0.361 e. The van der Waals surface area contributed by atoms with Crippen molar-refractivity contribution in [2.24, 2.45) is 0 Å². The molecule has 0 atom stereocenters. The number of carbonyl (C=O) groups excluding carboxylic acids is 2. The average Bonchev–Trinajstić information content (AvgIpc) is 2.99. The molecule has 0 aliphatic carbocycles. The molecule has 262 valence electrons. The van der Waals surface area contributed by atoms with E-state index in [1.165, 1.54) is 103 Å². The van der Waals surface area contributed by atoms with Crippen molar-refractivity contribution in [3.05, 3.63) is 0 Å². The predicted molar refractivity (Wildman–Crippen MR) is 186 cm³/mol. The molecule has 0 spiro atoms. The summed E-state index contributed by atoms with van der Waals surface area (Å²) in [5, 5.41) is 4.27. The highest BCUT2D eigenvalue weighted by molar-refractivity contribution is 5.70. The molecule has 0 saturated heterocycles. The number of carbonyl (C=O) groups is 2. The van der Waals surface area contributed by atoms with E-state index >= 15 is 0 Å². The van der Waals surface area contributed by atoms with Crippen molar-refractivity contribution in [3.63, 3.8) is 0 Å². The third-order valence-corrected chi connectivity index (χ3v) is 9.06. The molecule has 0 aromatic rings. The predicted octanol–water partition coefficient (Wildman–Crippen LogP) is 8.16. The Morgan fingerprint density at radius 1 is 0.432 bits per heavy atom. The molecular formula is C38H78N2O4+2. The Morgan fingerprint density at radius 2 is 0.705 bits per heavy atom. The Kier molecular flexibility index (Phi) is 28.5. The van der Waals surface area contributed by atoms with Crippen LogP contribution < -0.4 is 10.6 Å². The van der Waals surface area contributed by atoms with E-state index in [4.69, 9.17) is 9.47 Å². The monoisotopic (exact) mass is 627 g/mol. The number of hydrogen-bond acceptors (Lipinski definition) is 4. The SMILES string of the molecule is CCCCCCCCCCCCOC(=O)C[NH2+]C(C)(C)CCCCC(C)(C)[NH2+]CC(=O)OCCCCCCCCCCCC. The second kappa shape index (κ2) is 29.3. The number of ether oxygens (including phenoxy) is 2. The molecule has 0 radical (unpaired) electrons. The topological polar surface area (TPSA) is 85.8 Å². The van der Waals surface area contributed by atoms with E-state index in [0.29, 0.717) is 26.3 Å².